The normalized spacial score (nSPS) is 12.2. The lowest BCUT2D eigenvalue weighted by Gasteiger charge is -2.36. The predicted molar refractivity (Wildman–Crippen MR) is 145 cm³/mol. The number of rotatable bonds is 9. The minimum absolute atomic E-state index is 0.147. The molecule has 2 rings (SSSR count). The molecule has 2 aromatic carbocycles. The standard InChI is InChI=1S/C28H42O2Si2/c1-10-15-24(31(6,7)25-17-12-11-13-18-25)19-14-16-23-20-21-26(29-5)27(22-23)30-32(8,9)28(2,3)4/h10-13,17-18,20-22H,14,16,19H2,1-9H3. The molecule has 0 aromatic heterocycles. The maximum atomic E-state index is 6.61. The van der Waals surface area contributed by atoms with E-state index in [1.807, 2.05) is 0 Å². The van der Waals surface area contributed by atoms with E-state index >= 15 is 0 Å². The number of aryl methyl sites for hydroxylation is 1. The first kappa shape index (κ1) is 26.2. The highest BCUT2D eigenvalue weighted by Gasteiger charge is 2.39. The zero-order valence-corrected chi connectivity index (χ0v) is 23.6. The summed E-state index contributed by atoms with van der Waals surface area (Å²) in [4.78, 5) is 0. The Morgan fingerprint density at radius 3 is 2.19 bits per heavy atom. The zero-order valence-electron chi connectivity index (χ0n) is 21.6. The minimum atomic E-state index is -1.93. The number of benzene rings is 2. The molecule has 0 aliphatic carbocycles. The highest BCUT2D eigenvalue weighted by molar-refractivity contribution is 6.95. The zero-order chi connectivity index (χ0) is 24.0. The van der Waals surface area contributed by atoms with Gasteiger partial charge in [0.15, 0.2) is 5.75 Å². The van der Waals surface area contributed by atoms with Gasteiger partial charge in [0.1, 0.15) is 13.8 Å². The number of hydrogen-bond acceptors (Lipinski definition) is 2. The van der Waals surface area contributed by atoms with Crippen molar-refractivity contribution in [3.05, 3.63) is 71.1 Å². The van der Waals surface area contributed by atoms with Crippen molar-refractivity contribution in [1.82, 2.24) is 0 Å². The Balaban J connectivity index is 2.17. The molecule has 2 aromatic rings. The Morgan fingerprint density at radius 1 is 0.969 bits per heavy atom. The molecule has 0 saturated heterocycles. The Hall–Kier alpha value is -2.01. The second kappa shape index (κ2) is 10.7. The fourth-order valence-electron chi connectivity index (χ4n) is 3.62. The Morgan fingerprint density at radius 2 is 1.62 bits per heavy atom. The second-order valence-corrected chi connectivity index (χ2v) is 19.8. The van der Waals surface area contributed by atoms with Gasteiger partial charge in [0, 0.05) is 0 Å². The van der Waals surface area contributed by atoms with Crippen LogP contribution in [0.3, 0.4) is 0 Å². The minimum Gasteiger partial charge on any atom is -0.541 e. The molecule has 4 heteroatoms. The summed E-state index contributed by atoms with van der Waals surface area (Å²) in [7, 11) is -1.92. The lowest BCUT2D eigenvalue weighted by Crippen LogP contribution is -2.44. The molecule has 174 valence electrons. The quantitative estimate of drug-likeness (QED) is 0.279. The first-order chi connectivity index (χ1) is 14.9. The lowest BCUT2D eigenvalue weighted by molar-refractivity contribution is 0.385. The summed E-state index contributed by atoms with van der Waals surface area (Å²) in [6.45, 7) is 18.3. The largest absolute Gasteiger partial charge is 0.541 e. The van der Waals surface area contributed by atoms with E-state index in [2.05, 4.69) is 114 Å². The van der Waals surface area contributed by atoms with Crippen LogP contribution in [0.4, 0.5) is 0 Å². The van der Waals surface area contributed by atoms with E-state index in [4.69, 9.17) is 9.16 Å². The molecule has 0 heterocycles. The van der Waals surface area contributed by atoms with Gasteiger partial charge in [0.05, 0.1) is 7.11 Å². The van der Waals surface area contributed by atoms with E-state index in [9.17, 15) is 0 Å². The average Bonchev–Trinajstić information content (AvgIpc) is 2.73. The highest BCUT2D eigenvalue weighted by Crippen LogP contribution is 2.40. The summed E-state index contributed by atoms with van der Waals surface area (Å²) in [5.41, 5.74) is 4.90. The van der Waals surface area contributed by atoms with Gasteiger partial charge in [-0.05, 0) is 73.3 Å². The van der Waals surface area contributed by atoms with Crippen LogP contribution < -0.4 is 14.3 Å². The predicted octanol–water partition coefficient (Wildman–Crippen LogP) is 7.66. The second-order valence-electron chi connectivity index (χ2n) is 10.6. The van der Waals surface area contributed by atoms with Crippen molar-refractivity contribution in [2.45, 2.75) is 78.2 Å². The fraction of sp³-hybridized carbons (Fsp3) is 0.464. The highest BCUT2D eigenvalue weighted by atomic mass is 28.4. The van der Waals surface area contributed by atoms with Crippen LogP contribution in [0, 0.1) is 0 Å². The van der Waals surface area contributed by atoms with Gasteiger partial charge in [-0.25, -0.2) is 0 Å². The summed E-state index contributed by atoms with van der Waals surface area (Å²) in [5.74, 6) is 1.71. The van der Waals surface area contributed by atoms with Gasteiger partial charge in [-0.2, -0.15) is 0 Å². The average molecular weight is 467 g/mol. The van der Waals surface area contributed by atoms with E-state index < -0.39 is 16.4 Å². The first-order valence-electron chi connectivity index (χ1n) is 11.7. The molecule has 0 unspecified atom stereocenters. The van der Waals surface area contributed by atoms with Crippen LogP contribution in [0.1, 0.15) is 46.1 Å². The molecule has 0 amide bonds. The van der Waals surface area contributed by atoms with E-state index in [0.29, 0.717) is 0 Å². The van der Waals surface area contributed by atoms with Crippen molar-refractivity contribution in [2.75, 3.05) is 7.11 Å². The molecule has 2 nitrogen and oxygen atoms in total. The maximum absolute atomic E-state index is 6.61. The summed E-state index contributed by atoms with van der Waals surface area (Å²) >= 11 is 0. The fourth-order valence-corrected chi connectivity index (χ4v) is 7.32. The molecule has 32 heavy (non-hydrogen) atoms. The maximum Gasteiger partial charge on any atom is 0.250 e. The molecule has 0 N–H and O–H groups in total. The van der Waals surface area contributed by atoms with Gasteiger partial charge in [0.2, 0.25) is 0 Å². The SMILES string of the molecule is CC=C=C(CCCc1ccc(OC)c(O[Si](C)(C)C(C)(C)C)c1)[Si](C)(C)c1ccccc1. The molecule has 0 bridgehead atoms. The Labute approximate surface area is 198 Å². The molecule has 0 spiro atoms. The van der Waals surface area contributed by atoms with Gasteiger partial charge < -0.3 is 9.16 Å². The topological polar surface area (TPSA) is 18.5 Å². The molecule has 0 radical (unpaired) electrons. The number of methoxy groups -OCH3 is 1. The van der Waals surface area contributed by atoms with Crippen molar-refractivity contribution in [3.63, 3.8) is 0 Å². The monoisotopic (exact) mass is 466 g/mol. The van der Waals surface area contributed by atoms with Gasteiger partial charge in [-0.15, -0.1) is 5.73 Å². The van der Waals surface area contributed by atoms with Gasteiger partial charge >= 0.3 is 0 Å². The van der Waals surface area contributed by atoms with Crippen molar-refractivity contribution in [2.24, 2.45) is 0 Å². The van der Waals surface area contributed by atoms with Crippen molar-refractivity contribution in [3.8, 4) is 11.5 Å². The van der Waals surface area contributed by atoms with Crippen molar-refractivity contribution >= 4 is 21.6 Å². The molecular formula is C28H42O2Si2. The molecule has 0 atom stereocenters. The van der Waals surface area contributed by atoms with E-state index in [1.165, 1.54) is 15.9 Å². The van der Waals surface area contributed by atoms with Crippen LogP contribution in [-0.4, -0.2) is 23.5 Å². The van der Waals surface area contributed by atoms with Crippen LogP contribution >= 0.6 is 0 Å². The molecule has 0 aliphatic rings. The first-order valence-corrected chi connectivity index (χ1v) is 17.7. The van der Waals surface area contributed by atoms with Gasteiger partial charge in [0.25, 0.3) is 8.32 Å². The van der Waals surface area contributed by atoms with Gasteiger partial charge in [-0.3, -0.25) is 0 Å². The van der Waals surface area contributed by atoms with Crippen LogP contribution in [0.25, 0.3) is 0 Å². The third-order valence-corrected chi connectivity index (χ3v) is 14.9. The molecule has 0 fully saturated rings. The third-order valence-electron chi connectivity index (χ3n) is 6.86. The summed E-state index contributed by atoms with van der Waals surface area (Å²) in [6, 6.07) is 17.4. The van der Waals surface area contributed by atoms with E-state index in [1.54, 1.807) is 7.11 Å². The molecule has 0 aliphatic heterocycles. The number of hydrogen-bond donors (Lipinski definition) is 0. The van der Waals surface area contributed by atoms with Crippen molar-refractivity contribution < 1.29 is 9.16 Å². The van der Waals surface area contributed by atoms with Gasteiger partial charge in [-0.1, -0.05) is 75.5 Å². The third kappa shape index (κ3) is 6.51. The molecule has 0 saturated carbocycles. The van der Waals surface area contributed by atoms with Crippen molar-refractivity contribution in [1.29, 1.82) is 0 Å². The smallest absolute Gasteiger partial charge is 0.250 e. The van der Waals surface area contributed by atoms with Crippen LogP contribution in [0.2, 0.25) is 31.2 Å². The van der Waals surface area contributed by atoms with Crippen LogP contribution in [0.15, 0.2) is 65.5 Å². The summed E-state index contributed by atoms with van der Waals surface area (Å²) in [6.07, 6.45) is 5.27. The lowest BCUT2D eigenvalue weighted by atomic mass is 10.1. The number of ether oxygens (including phenoxy) is 1. The van der Waals surface area contributed by atoms with E-state index in [-0.39, 0.29) is 5.04 Å². The van der Waals surface area contributed by atoms with E-state index in [0.717, 1.165) is 30.8 Å². The summed E-state index contributed by atoms with van der Waals surface area (Å²) in [5, 5.41) is 3.10. The Bertz CT molecular complexity index is 947. The summed E-state index contributed by atoms with van der Waals surface area (Å²) < 4.78 is 12.2. The van der Waals surface area contributed by atoms with Crippen LogP contribution in [-0.2, 0) is 6.42 Å². The Kier molecular flexibility index (Phi) is 8.81. The number of allylic oxidation sites excluding steroid dienone is 1. The molecular weight excluding hydrogens is 424 g/mol. The van der Waals surface area contributed by atoms with Crippen LogP contribution in [0.5, 0.6) is 11.5 Å².